The third kappa shape index (κ3) is 4.58. The topological polar surface area (TPSA) is 93.5 Å². The summed E-state index contributed by atoms with van der Waals surface area (Å²) in [4.78, 5) is 29.8. The van der Waals surface area contributed by atoms with Gasteiger partial charge in [0, 0.05) is 13.2 Å². The number of nitrogens with one attached hydrogen (secondary N) is 1. The lowest BCUT2D eigenvalue weighted by Gasteiger charge is -2.29. The van der Waals surface area contributed by atoms with E-state index in [0.717, 1.165) is 16.7 Å². The van der Waals surface area contributed by atoms with Crippen molar-refractivity contribution >= 4 is 16.8 Å². The molecule has 1 saturated heterocycles. The van der Waals surface area contributed by atoms with E-state index in [0.29, 0.717) is 35.9 Å². The number of nitrogens with zero attached hydrogens (tertiary/aromatic N) is 2. The fourth-order valence-electron chi connectivity index (χ4n) is 4.40. The van der Waals surface area contributed by atoms with Gasteiger partial charge in [-0.3, -0.25) is 14.2 Å². The highest BCUT2D eigenvalue weighted by Gasteiger charge is 2.27. The van der Waals surface area contributed by atoms with E-state index in [1.54, 1.807) is 12.1 Å². The van der Waals surface area contributed by atoms with Crippen molar-refractivity contribution in [2.75, 3.05) is 26.4 Å². The molecule has 3 aromatic rings. The standard InChI is InChI=1S/C25H27F2N3O4/c1-14-15(2)23-19(25(33)30(13-29-23)21-5-8-34-12-22(21)31)11-17(14)9-16-3-4-18(20(27)10-16)24(32)28-7-6-26/h3-4,10-11,13,21-22,31H,5-9,12H2,1-2H3,(H,28,32)/t21-,22-/m0/s1. The number of halogens is 2. The molecular weight excluding hydrogens is 444 g/mol. The first-order chi connectivity index (χ1) is 16.3. The molecule has 1 aromatic heterocycles. The monoisotopic (exact) mass is 471 g/mol. The largest absolute Gasteiger partial charge is 0.389 e. The first-order valence-corrected chi connectivity index (χ1v) is 11.2. The van der Waals surface area contributed by atoms with Gasteiger partial charge in [-0.2, -0.15) is 0 Å². The lowest BCUT2D eigenvalue weighted by Crippen LogP contribution is -2.39. The molecule has 2 atom stereocenters. The van der Waals surface area contributed by atoms with Crippen molar-refractivity contribution in [1.82, 2.24) is 14.9 Å². The van der Waals surface area contributed by atoms with Crippen molar-refractivity contribution in [2.45, 2.75) is 38.8 Å². The van der Waals surface area contributed by atoms with Crippen molar-refractivity contribution < 1.29 is 23.4 Å². The minimum absolute atomic E-state index is 0.147. The van der Waals surface area contributed by atoms with Crippen molar-refractivity contribution in [3.8, 4) is 0 Å². The number of aromatic nitrogens is 2. The molecule has 0 unspecified atom stereocenters. The fourth-order valence-corrected chi connectivity index (χ4v) is 4.40. The van der Waals surface area contributed by atoms with Gasteiger partial charge in [-0.1, -0.05) is 6.07 Å². The predicted molar refractivity (Wildman–Crippen MR) is 123 cm³/mol. The van der Waals surface area contributed by atoms with Crippen molar-refractivity contribution in [3.05, 3.63) is 74.6 Å². The maximum Gasteiger partial charge on any atom is 0.261 e. The SMILES string of the molecule is Cc1c(Cc2ccc(C(=O)NCCF)c(F)c2)cc2c(=O)n([C@H]3CCOC[C@@H]3O)cnc2c1C. The predicted octanol–water partition coefficient (Wildman–Crippen LogP) is 2.76. The molecule has 1 aliphatic rings. The summed E-state index contributed by atoms with van der Waals surface area (Å²) in [6.45, 7) is 3.54. The minimum Gasteiger partial charge on any atom is -0.389 e. The third-order valence-corrected chi connectivity index (χ3v) is 6.45. The van der Waals surface area contributed by atoms with Gasteiger partial charge in [-0.25, -0.2) is 13.8 Å². The van der Waals surface area contributed by atoms with E-state index in [-0.39, 0.29) is 24.3 Å². The Balaban J connectivity index is 1.70. The zero-order chi connectivity index (χ0) is 24.4. The van der Waals surface area contributed by atoms with Crippen LogP contribution in [0.3, 0.4) is 0 Å². The van der Waals surface area contributed by atoms with Crippen LogP contribution < -0.4 is 10.9 Å². The molecule has 0 bridgehead atoms. The molecule has 34 heavy (non-hydrogen) atoms. The van der Waals surface area contributed by atoms with E-state index < -0.39 is 30.5 Å². The molecule has 7 nitrogen and oxygen atoms in total. The lowest BCUT2D eigenvalue weighted by atomic mass is 9.94. The Kier molecular flexibility index (Phi) is 7.04. The number of hydrogen-bond donors (Lipinski definition) is 2. The molecule has 4 rings (SSSR count). The number of alkyl halides is 1. The summed E-state index contributed by atoms with van der Waals surface area (Å²) >= 11 is 0. The van der Waals surface area contributed by atoms with Gasteiger partial charge in [0.25, 0.3) is 11.5 Å². The van der Waals surface area contributed by atoms with E-state index in [9.17, 15) is 23.5 Å². The van der Waals surface area contributed by atoms with Gasteiger partial charge in [0.1, 0.15) is 12.5 Å². The summed E-state index contributed by atoms with van der Waals surface area (Å²) < 4.78 is 33.6. The number of ether oxygens (including phenoxy) is 1. The van der Waals surface area contributed by atoms with Crippen LogP contribution in [0.2, 0.25) is 0 Å². The van der Waals surface area contributed by atoms with Crippen LogP contribution >= 0.6 is 0 Å². The Morgan fingerprint density at radius 2 is 2.09 bits per heavy atom. The maximum atomic E-state index is 14.6. The van der Waals surface area contributed by atoms with Crippen LogP contribution in [-0.4, -0.2) is 53.1 Å². The summed E-state index contributed by atoms with van der Waals surface area (Å²) in [6, 6.07) is 5.67. The smallest absolute Gasteiger partial charge is 0.261 e. The van der Waals surface area contributed by atoms with E-state index in [1.165, 1.54) is 23.0 Å². The molecule has 2 heterocycles. The normalized spacial score (nSPS) is 18.3. The summed E-state index contributed by atoms with van der Waals surface area (Å²) in [5.74, 6) is -1.36. The molecule has 0 saturated carbocycles. The van der Waals surface area contributed by atoms with E-state index in [2.05, 4.69) is 10.3 Å². The van der Waals surface area contributed by atoms with Gasteiger partial charge in [-0.05, 0) is 67.1 Å². The van der Waals surface area contributed by atoms with Crippen LogP contribution in [-0.2, 0) is 11.2 Å². The second kappa shape index (κ2) is 9.99. The van der Waals surface area contributed by atoms with Crippen LogP contribution in [0.4, 0.5) is 8.78 Å². The molecule has 9 heteroatoms. The number of amides is 1. The number of carbonyl (C=O) groups excluding carboxylic acids is 1. The highest BCUT2D eigenvalue weighted by molar-refractivity contribution is 5.94. The van der Waals surface area contributed by atoms with Crippen LogP contribution in [0.25, 0.3) is 10.9 Å². The summed E-state index contributed by atoms with van der Waals surface area (Å²) in [7, 11) is 0. The van der Waals surface area contributed by atoms with Crippen molar-refractivity contribution in [1.29, 1.82) is 0 Å². The Morgan fingerprint density at radius 3 is 2.79 bits per heavy atom. The number of rotatable bonds is 6. The summed E-state index contributed by atoms with van der Waals surface area (Å²) in [5, 5.41) is 13.1. The number of benzene rings is 2. The molecular formula is C25H27F2N3O4. The molecule has 0 aliphatic carbocycles. The van der Waals surface area contributed by atoms with Gasteiger partial charge < -0.3 is 15.2 Å². The van der Waals surface area contributed by atoms with Crippen molar-refractivity contribution in [2.24, 2.45) is 0 Å². The Labute approximate surface area is 195 Å². The molecule has 2 N–H and O–H groups in total. The Morgan fingerprint density at radius 1 is 1.29 bits per heavy atom. The number of aliphatic hydroxyl groups is 1. The molecule has 1 amide bonds. The van der Waals surface area contributed by atoms with E-state index >= 15 is 0 Å². The molecule has 180 valence electrons. The van der Waals surface area contributed by atoms with E-state index in [1.807, 2.05) is 13.8 Å². The third-order valence-electron chi connectivity index (χ3n) is 6.45. The minimum atomic E-state index is -0.791. The molecule has 1 fully saturated rings. The molecule has 2 aromatic carbocycles. The average Bonchev–Trinajstić information content (AvgIpc) is 2.82. The fraction of sp³-hybridized carbons (Fsp3) is 0.400. The number of aryl methyl sites for hydroxylation is 1. The molecule has 0 spiro atoms. The maximum absolute atomic E-state index is 14.6. The lowest BCUT2D eigenvalue weighted by molar-refractivity contribution is -0.0395. The van der Waals surface area contributed by atoms with Gasteiger partial charge >= 0.3 is 0 Å². The number of hydrogen-bond acceptors (Lipinski definition) is 5. The highest BCUT2D eigenvalue weighted by Crippen LogP contribution is 2.26. The van der Waals surface area contributed by atoms with Gasteiger partial charge in [-0.15, -0.1) is 0 Å². The van der Waals surface area contributed by atoms with Gasteiger partial charge in [0.15, 0.2) is 0 Å². The van der Waals surface area contributed by atoms with Crippen LogP contribution in [0, 0.1) is 19.7 Å². The van der Waals surface area contributed by atoms with Crippen LogP contribution in [0.15, 0.2) is 35.4 Å². The average molecular weight is 472 g/mol. The van der Waals surface area contributed by atoms with Gasteiger partial charge in [0.2, 0.25) is 0 Å². The second-order valence-corrected chi connectivity index (χ2v) is 8.57. The van der Waals surface area contributed by atoms with Crippen LogP contribution in [0.5, 0.6) is 0 Å². The van der Waals surface area contributed by atoms with Gasteiger partial charge in [0.05, 0.1) is 41.5 Å². The molecule has 0 radical (unpaired) electrons. The number of fused-ring (bicyclic) bond motifs is 1. The van der Waals surface area contributed by atoms with E-state index in [4.69, 9.17) is 4.74 Å². The van der Waals surface area contributed by atoms with Crippen LogP contribution in [0.1, 0.15) is 45.1 Å². The second-order valence-electron chi connectivity index (χ2n) is 8.57. The summed E-state index contributed by atoms with van der Waals surface area (Å²) in [5.41, 5.74) is 3.46. The summed E-state index contributed by atoms with van der Waals surface area (Å²) in [6.07, 6.45) is 1.55. The Hall–Kier alpha value is -3.17. The van der Waals surface area contributed by atoms with Crippen molar-refractivity contribution in [3.63, 3.8) is 0 Å². The first kappa shape index (κ1) is 24.0. The molecule has 1 aliphatic heterocycles. The Bertz CT molecular complexity index is 1290. The number of aliphatic hydroxyl groups excluding tert-OH is 1. The zero-order valence-corrected chi connectivity index (χ0v) is 19.1. The number of carbonyl (C=O) groups is 1. The first-order valence-electron chi connectivity index (χ1n) is 11.2. The quantitative estimate of drug-likeness (QED) is 0.577. The highest BCUT2D eigenvalue weighted by atomic mass is 19.1. The zero-order valence-electron chi connectivity index (χ0n) is 19.1.